The van der Waals surface area contributed by atoms with E-state index in [2.05, 4.69) is 10.2 Å². The molecular formula is C25H29N3O4. The van der Waals surface area contributed by atoms with Crippen molar-refractivity contribution >= 4 is 23.2 Å². The molecular weight excluding hydrogens is 406 g/mol. The Kier molecular flexibility index (Phi) is 6.85. The van der Waals surface area contributed by atoms with Crippen molar-refractivity contribution in [2.45, 2.75) is 38.1 Å². The summed E-state index contributed by atoms with van der Waals surface area (Å²) in [7, 11) is 0. The zero-order valence-electron chi connectivity index (χ0n) is 18.1. The highest BCUT2D eigenvalue weighted by Crippen LogP contribution is 2.31. The number of hydrogen-bond donors (Lipinski definition) is 2. The van der Waals surface area contributed by atoms with Gasteiger partial charge >= 0.3 is 0 Å². The maximum absolute atomic E-state index is 12.5. The minimum absolute atomic E-state index is 0.113. The van der Waals surface area contributed by atoms with Crippen molar-refractivity contribution in [3.63, 3.8) is 0 Å². The van der Waals surface area contributed by atoms with Crippen LogP contribution < -0.4 is 5.32 Å². The summed E-state index contributed by atoms with van der Waals surface area (Å²) in [5, 5.41) is 24.3. The summed E-state index contributed by atoms with van der Waals surface area (Å²) in [6.07, 6.45) is 9.20. The molecule has 0 aromatic heterocycles. The molecule has 2 saturated heterocycles. The van der Waals surface area contributed by atoms with Crippen LogP contribution >= 0.6 is 0 Å². The summed E-state index contributed by atoms with van der Waals surface area (Å²) in [4.78, 5) is 25.5. The summed E-state index contributed by atoms with van der Waals surface area (Å²) >= 11 is 0. The van der Waals surface area contributed by atoms with Crippen LogP contribution in [0, 0.1) is 16.0 Å². The number of nitrogens with one attached hydrogen (secondary N) is 1. The van der Waals surface area contributed by atoms with Gasteiger partial charge in [0, 0.05) is 41.5 Å². The molecule has 2 fully saturated rings. The fraction of sp³-hybridized carbons (Fsp3) is 0.400. The maximum atomic E-state index is 12.5. The fourth-order valence-corrected chi connectivity index (χ4v) is 4.87. The van der Waals surface area contributed by atoms with Crippen LogP contribution in [0.15, 0.2) is 48.5 Å². The summed E-state index contributed by atoms with van der Waals surface area (Å²) in [6, 6.07) is 11.8. The molecule has 4 rings (SSSR count). The van der Waals surface area contributed by atoms with Crippen molar-refractivity contribution in [1.29, 1.82) is 0 Å². The van der Waals surface area contributed by atoms with Gasteiger partial charge in [0.25, 0.3) is 5.69 Å². The molecule has 2 heterocycles. The molecule has 168 valence electrons. The van der Waals surface area contributed by atoms with E-state index in [-0.39, 0.29) is 22.8 Å². The van der Waals surface area contributed by atoms with Crippen molar-refractivity contribution < 1.29 is 14.8 Å². The van der Waals surface area contributed by atoms with Crippen LogP contribution in [0.2, 0.25) is 0 Å². The van der Waals surface area contributed by atoms with Gasteiger partial charge in [0.2, 0.25) is 0 Å². The second-order valence-corrected chi connectivity index (χ2v) is 8.66. The number of phenols is 1. The Labute approximate surface area is 187 Å². The van der Waals surface area contributed by atoms with Gasteiger partial charge in [0.1, 0.15) is 5.75 Å². The Hall–Kier alpha value is -3.19. The number of rotatable bonds is 7. The van der Waals surface area contributed by atoms with Gasteiger partial charge in [0.15, 0.2) is 5.78 Å². The molecule has 0 radical (unpaired) electrons. The highest BCUT2D eigenvalue weighted by Gasteiger charge is 2.32. The van der Waals surface area contributed by atoms with E-state index in [0.717, 1.165) is 12.2 Å². The van der Waals surface area contributed by atoms with E-state index in [0.29, 0.717) is 17.5 Å². The van der Waals surface area contributed by atoms with Crippen LogP contribution in [0.3, 0.4) is 0 Å². The second-order valence-electron chi connectivity index (χ2n) is 8.66. The Balaban J connectivity index is 1.35. The lowest BCUT2D eigenvalue weighted by Gasteiger charge is -2.44. The molecule has 7 heteroatoms. The minimum Gasteiger partial charge on any atom is -0.507 e. The predicted molar refractivity (Wildman–Crippen MR) is 125 cm³/mol. The number of allylic oxidation sites excluding steroid dienone is 1. The number of nitro benzene ring substituents is 1. The quantitative estimate of drug-likeness (QED) is 0.279. The van der Waals surface area contributed by atoms with Crippen molar-refractivity contribution in [1.82, 2.24) is 4.90 Å². The van der Waals surface area contributed by atoms with Gasteiger partial charge in [-0.05, 0) is 87.2 Å². The predicted octanol–water partition coefficient (Wildman–Crippen LogP) is 4.87. The molecule has 32 heavy (non-hydrogen) atoms. The van der Waals surface area contributed by atoms with Crippen molar-refractivity contribution in [2.24, 2.45) is 5.92 Å². The molecule has 0 aliphatic carbocycles. The molecule has 7 nitrogen and oxygen atoms in total. The van der Waals surface area contributed by atoms with Crippen molar-refractivity contribution in [2.75, 3.05) is 25.0 Å². The van der Waals surface area contributed by atoms with Gasteiger partial charge in [-0.25, -0.2) is 0 Å². The summed E-state index contributed by atoms with van der Waals surface area (Å²) in [5.74, 6) is 0.321. The molecule has 2 atom stereocenters. The Bertz CT molecular complexity index is 1000. The van der Waals surface area contributed by atoms with Crippen LogP contribution in [-0.2, 0) is 0 Å². The number of anilines is 1. The third kappa shape index (κ3) is 5.16. The lowest BCUT2D eigenvalue weighted by molar-refractivity contribution is -0.384. The first-order chi connectivity index (χ1) is 15.5. The first-order valence-electron chi connectivity index (χ1n) is 11.3. The maximum Gasteiger partial charge on any atom is 0.270 e. The van der Waals surface area contributed by atoms with Crippen LogP contribution in [0.25, 0.3) is 6.08 Å². The summed E-state index contributed by atoms with van der Waals surface area (Å²) in [6.45, 7) is 3.42. The lowest BCUT2D eigenvalue weighted by Crippen LogP contribution is -2.49. The number of ketones is 1. The van der Waals surface area contributed by atoms with Crippen LogP contribution in [0.4, 0.5) is 11.4 Å². The number of benzene rings is 2. The lowest BCUT2D eigenvalue weighted by atomic mass is 9.83. The van der Waals surface area contributed by atoms with E-state index in [1.54, 1.807) is 12.1 Å². The SMILES string of the molecule is O=C(/C=C/c1cc([N+](=O)[O-])ccc1O)c1ccc(NC[C@H]2CCCN3CCCC[C@H]23)cc1. The number of nitrogens with zero attached hydrogens (tertiary/aromatic N) is 2. The summed E-state index contributed by atoms with van der Waals surface area (Å²) in [5.41, 5.74) is 1.61. The van der Waals surface area contributed by atoms with Gasteiger partial charge < -0.3 is 15.3 Å². The average molecular weight is 436 g/mol. The molecule has 0 amide bonds. The molecule has 2 aromatic carbocycles. The van der Waals surface area contributed by atoms with Gasteiger partial charge in [-0.2, -0.15) is 0 Å². The van der Waals surface area contributed by atoms with E-state index in [9.17, 15) is 20.0 Å². The van der Waals surface area contributed by atoms with Crippen molar-refractivity contribution in [3.8, 4) is 5.75 Å². The highest BCUT2D eigenvalue weighted by atomic mass is 16.6. The highest BCUT2D eigenvalue weighted by molar-refractivity contribution is 6.07. The van der Waals surface area contributed by atoms with Crippen LogP contribution in [0.5, 0.6) is 5.75 Å². The number of carbonyl (C=O) groups excluding carboxylic acids is 1. The van der Waals surface area contributed by atoms with Gasteiger partial charge in [-0.3, -0.25) is 14.9 Å². The fourth-order valence-electron chi connectivity index (χ4n) is 4.87. The number of non-ortho nitro benzene ring substituents is 1. The van der Waals surface area contributed by atoms with E-state index in [1.165, 1.54) is 75.5 Å². The normalized spacial score (nSPS) is 21.2. The van der Waals surface area contributed by atoms with Gasteiger partial charge in [-0.1, -0.05) is 6.42 Å². The van der Waals surface area contributed by atoms with Gasteiger partial charge in [0.05, 0.1) is 4.92 Å². The molecule has 2 aliphatic heterocycles. The largest absolute Gasteiger partial charge is 0.507 e. The summed E-state index contributed by atoms with van der Waals surface area (Å²) < 4.78 is 0. The van der Waals surface area contributed by atoms with E-state index in [4.69, 9.17) is 0 Å². The first-order valence-corrected chi connectivity index (χ1v) is 11.3. The third-order valence-electron chi connectivity index (χ3n) is 6.60. The zero-order valence-corrected chi connectivity index (χ0v) is 18.1. The van der Waals surface area contributed by atoms with E-state index >= 15 is 0 Å². The molecule has 0 unspecified atom stereocenters. The number of phenolic OH excluding ortho intramolecular Hbond substituents is 1. The standard InChI is InChI=1S/C25H29N3O4/c29-24(12-8-19-16-22(28(31)32)11-13-25(19)30)18-6-9-21(10-7-18)26-17-20-4-3-15-27-14-2-1-5-23(20)27/h6-13,16,20,23,26,30H,1-5,14-15,17H2/b12-8+/t20-,23-/m1/s1. The minimum atomic E-state index is -0.538. The van der Waals surface area contributed by atoms with Crippen LogP contribution in [-0.4, -0.2) is 46.4 Å². The molecule has 2 aliphatic rings. The molecule has 2 aromatic rings. The zero-order chi connectivity index (χ0) is 22.5. The number of hydrogen-bond acceptors (Lipinski definition) is 6. The number of fused-ring (bicyclic) bond motifs is 1. The molecule has 0 spiro atoms. The topological polar surface area (TPSA) is 95.7 Å². The Morgan fingerprint density at radius 1 is 1.12 bits per heavy atom. The number of carbonyl (C=O) groups is 1. The van der Waals surface area contributed by atoms with E-state index in [1.807, 2.05) is 12.1 Å². The van der Waals surface area contributed by atoms with E-state index < -0.39 is 4.92 Å². The van der Waals surface area contributed by atoms with Crippen LogP contribution in [0.1, 0.15) is 48.0 Å². The van der Waals surface area contributed by atoms with Gasteiger partial charge in [-0.15, -0.1) is 0 Å². The first kappa shape index (κ1) is 22.0. The second kappa shape index (κ2) is 9.96. The monoisotopic (exact) mass is 435 g/mol. The Morgan fingerprint density at radius 2 is 1.91 bits per heavy atom. The Morgan fingerprint density at radius 3 is 2.69 bits per heavy atom. The number of piperidine rings is 2. The molecule has 2 N–H and O–H groups in total. The smallest absolute Gasteiger partial charge is 0.270 e. The molecule has 0 bridgehead atoms. The number of nitro groups is 1. The third-order valence-corrected chi connectivity index (χ3v) is 6.60. The average Bonchev–Trinajstić information content (AvgIpc) is 2.82. The number of aromatic hydroxyl groups is 1. The van der Waals surface area contributed by atoms with Crippen molar-refractivity contribution in [3.05, 3.63) is 69.8 Å². The molecule has 0 saturated carbocycles.